The zero-order valence-corrected chi connectivity index (χ0v) is 10.8. The van der Waals surface area contributed by atoms with Crippen LogP contribution in [0.2, 0.25) is 0 Å². The van der Waals surface area contributed by atoms with Gasteiger partial charge in [0.05, 0.1) is 5.54 Å². The van der Waals surface area contributed by atoms with Gasteiger partial charge in [0.1, 0.15) is 0 Å². The summed E-state index contributed by atoms with van der Waals surface area (Å²) in [4.78, 5) is 11.8. The number of carbonyl (C=O) groups is 1. The Labute approximate surface area is 98.6 Å². The first kappa shape index (κ1) is 15.4. The average Bonchev–Trinajstić information content (AvgIpc) is 2.32. The van der Waals surface area contributed by atoms with E-state index < -0.39 is 5.54 Å². The van der Waals surface area contributed by atoms with Gasteiger partial charge in [-0.3, -0.25) is 4.79 Å². The monoisotopic (exact) mass is 230 g/mol. The molecular weight excluding hydrogens is 204 g/mol. The summed E-state index contributed by atoms with van der Waals surface area (Å²) >= 11 is 0. The third kappa shape index (κ3) is 4.94. The molecule has 0 aromatic rings. The number of aliphatic hydroxyl groups excluding tert-OH is 1. The summed E-state index contributed by atoms with van der Waals surface area (Å²) in [6, 6.07) is 0. The SMILES string of the molecule is CCC(N)(CC)C(=O)NCCCC(C)CO. The van der Waals surface area contributed by atoms with E-state index in [1.807, 2.05) is 20.8 Å². The quantitative estimate of drug-likeness (QED) is 0.545. The molecular formula is C12H26N2O2. The van der Waals surface area contributed by atoms with Gasteiger partial charge in [-0.15, -0.1) is 0 Å². The summed E-state index contributed by atoms with van der Waals surface area (Å²) in [6.45, 7) is 6.70. The maximum atomic E-state index is 11.8. The topological polar surface area (TPSA) is 75.4 Å². The molecule has 0 aliphatic heterocycles. The van der Waals surface area contributed by atoms with Crippen molar-refractivity contribution in [2.45, 2.75) is 52.0 Å². The Morgan fingerprint density at radius 2 is 2.00 bits per heavy atom. The lowest BCUT2D eigenvalue weighted by molar-refractivity contribution is -0.126. The minimum Gasteiger partial charge on any atom is -0.396 e. The first-order chi connectivity index (χ1) is 7.50. The van der Waals surface area contributed by atoms with Gasteiger partial charge < -0.3 is 16.2 Å². The van der Waals surface area contributed by atoms with Crippen molar-refractivity contribution in [2.24, 2.45) is 11.7 Å². The number of nitrogens with one attached hydrogen (secondary N) is 1. The Kier molecular flexibility index (Phi) is 7.34. The molecule has 0 fully saturated rings. The maximum absolute atomic E-state index is 11.8. The second kappa shape index (κ2) is 7.63. The molecule has 1 atom stereocenters. The van der Waals surface area contributed by atoms with Crippen LogP contribution in [0.15, 0.2) is 0 Å². The van der Waals surface area contributed by atoms with Crippen molar-refractivity contribution in [1.82, 2.24) is 5.32 Å². The normalized spacial score (nSPS) is 13.6. The molecule has 0 rings (SSSR count). The van der Waals surface area contributed by atoms with Crippen LogP contribution >= 0.6 is 0 Å². The van der Waals surface area contributed by atoms with Gasteiger partial charge in [0, 0.05) is 13.2 Å². The molecule has 0 aromatic heterocycles. The summed E-state index contributed by atoms with van der Waals surface area (Å²) in [5.74, 6) is 0.242. The molecule has 0 saturated heterocycles. The van der Waals surface area contributed by atoms with Crippen LogP contribution in [-0.4, -0.2) is 29.7 Å². The average molecular weight is 230 g/mol. The van der Waals surface area contributed by atoms with E-state index in [2.05, 4.69) is 5.32 Å². The number of amides is 1. The Balaban J connectivity index is 3.81. The minimum atomic E-state index is -0.720. The van der Waals surface area contributed by atoms with Crippen molar-refractivity contribution in [3.63, 3.8) is 0 Å². The largest absolute Gasteiger partial charge is 0.396 e. The summed E-state index contributed by atoms with van der Waals surface area (Å²) in [5.41, 5.74) is 5.24. The molecule has 96 valence electrons. The Morgan fingerprint density at radius 3 is 2.44 bits per heavy atom. The number of hydrogen-bond acceptors (Lipinski definition) is 3. The van der Waals surface area contributed by atoms with Gasteiger partial charge in [0.25, 0.3) is 0 Å². The van der Waals surface area contributed by atoms with Gasteiger partial charge in [-0.25, -0.2) is 0 Å². The van der Waals surface area contributed by atoms with Crippen LogP contribution in [-0.2, 0) is 4.79 Å². The van der Waals surface area contributed by atoms with Crippen LogP contribution in [0.5, 0.6) is 0 Å². The van der Waals surface area contributed by atoms with Crippen molar-refractivity contribution in [1.29, 1.82) is 0 Å². The molecule has 1 unspecified atom stereocenters. The first-order valence-corrected chi connectivity index (χ1v) is 6.18. The van der Waals surface area contributed by atoms with E-state index in [-0.39, 0.29) is 12.5 Å². The van der Waals surface area contributed by atoms with Crippen molar-refractivity contribution in [2.75, 3.05) is 13.2 Å². The van der Waals surface area contributed by atoms with E-state index in [4.69, 9.17) is 10.8 Å². The molecule has 0 aromatic carbocycles. The smallest absolute Gasteiger partial charge is 0.240 e. The fourth-order valence-electron chi connectivity index (χ4n) is 1.49. The molecule has 0 bridgehead atoms. The maximum Gasteiger partial charge on any atom is 0.240 e. The molecule has 4 nitrogen and oxygen atoms in total. The van der Waals surface area contributed by atoms with Crippen LogP contribution in [0, 0.1) is 5.92 Å². The van der Waals surface area contributed by atoms with Crippen LogP contribution in [0.3, 0.4) is 0 Å². The van der Waals surface area contributed by atoms with E-state index in [1.165, 1.54) is 0 Å². The van der Waals surface area contributed by atoms with Gasteiger partial charge >= 0.3 is 0 Å². The Morgan fingerprint density at radius 1 is 1.44 bits per heavy atom. The second-order valence-electron chi connectivity index (χ2n) is 4.55. The highest BCUT2D eigenvalue weighted by Gasteiger charge is 2.29. The highest BCUT2D eigenvalue weighted by molar-refractivity contribution is 5.85. The van der Waals surface area contributed by atoms with E-state index in [9.17, 15) is 4.79 Å². The van der Waals surface area contributed by atoms with Crippen LogP contribution in [0.1, 0.15) is 46.5 Å². The Bertz CT molecular complexity index is 203. The second-order valence-corrected chi connectivity index (χ2v) is 4.55. The Hall–Kier alpha value is -0.610. The number of rotatable bonds is 8. The van der Waals surface area contributed by atoms with Gasteiger partial charge in [0.15, 0.2) is 0 Å². The molecule has 0 radical (unpaired) electrons. The molecule has 4 N–H and O–H groups in total. The molecule has 0 heterocycles. The number of aliphatic hydroxyl groups is 1. The van der Waals surface area contributed by atoms with Crippen molar-refractivity contribution in [3.8, 4) is 0 Å². The van der Waals surface area contributed by atoms with Crippen molar-refractivity contribution < 1.29 is 9.90 Å². The first-order valence-electron chi connectivity index (χ1n) is 6.18. The molecule has 0 aliphatic carbocycles. The standard InChI is InChI=1S/C12H26N2O2/c1-4-12(13,5-2)11(16)14-8-6-7-10(3)9-15/h10,15H,4-9,13H2,1-3H3,(H,14,16). The predicted octanol–water partition coefficient (Wildman–Crippen LogP) is 1.03. The van der Waals surface area contributed by atoms with Crippen LogP contribution in [0.25, 0.3) is 0 Å². The van der Waals surface area contributed by atoms with E-state index in [0.717, 1.165) is 12.8 Å². The third-order valence-corrected chi connectivity index (χ3v) is 3.18. The molecule has 4 heteroatoms. The number of carbonyl (C=O) groups excluding carboxylic acids is 1. The predicted molar refractivity (Wildman–Crippen MR) is 66.0 cm³/mol. The lowest BCUT2D eigenvalue weighted by Crippen LogP contribution is -2.53. The van der Waals surface area contributed by atoms with E-state index >= 15 is 0 Å². The summed E-state index contributed by atoms with van der Waals surface area (Å²) in [7, 11) is 0. The highest BCUT2D eigenvalue weighted by Crippen LogP contribution is 2.11. The van der Waals surface area contributed by atoms with Crippen molar-refractivity contribution >= 4 is 5.91 Å². The molecule has 0 spiro atoms. The van der Waals surface area contributed by atoms with Crippen molar-refractivity contribution in [3.05, 3.63) is 0 Å². The number of nitrogens with two attached hydrogens (primary N) is 1. The van der Waals surface area contributed by atoms with E-state index in [1.54, 1.807) is 0 Å². The van der Waals surface area contributed by atoms with Crippen LogP contribution in [0.4, 0.5) is 0 Å². The fraction of sp³-hybridized carbons (Fsp3) is 0.917. The lowest BCUT2D eigenvalue weighted by atomic mass is 9.93. The highest BCUT2D eigenvalue weighted by atomic mass is 16.3. The summed E-state index contributed by atoms with van der Waals surface area (Å²) < 4.78 is 0. The molecule has 0 saturated carbocycles. The third-order valence-electron chi connectivity index (χ3n) is 3.18. The lowest BCUT2D eigenvalue weighted by Gasteiger charge is -2.25. The zero-order valence-electron chi connectivity index (χ0n) is 10.8. The number of hydrogen-bond donors (Lipinski definition) is 3. The van der Waals surface area contributed by atoms with Gasteiger partial charge in [0.2, 0.25) is 5.91 Å². The molecule has 0 aliphatic rings. The van der Waals surface area contributed by atoms with Gasteiger partial charge in [-0.05, 0) is 31.6 Å². The summed E-state index contributed by atoms with van der Waals surface area (Å²) in [6.07, 6.45) is 3.12. The minimum absolute atomic E-state index is 0.0610. The fourth-order valence-corrected chi connectivity index (χ4v) is 1.49. The molecule has 16 heavy (non-hydrogen) atoms. The summed E-state index contributed by atoms with van der Waals surface area (Å²) in [5, 5.41) is 11.7. The van der Waals surface area contributed by atoms with Gasteiger partial charge in [-0.1, -0.05) is 20.8 Å². The zero-order chi connectivity index (χ0) is 12.6. The molecule has 1 amide bonds. The van der Waals surface area contributed by atoms with E-state index in [0.29, 0.717) is 25.3 Å². The van der Waals surface area contributed by atoms with Crippen LogP contribution < -0.4 is 11.1 Å². The van der Waals surface area contributed by atoms with Gasteiger partial charge in [-0.2, -0.15) is 0 Å².